The molecule has 0 saturated heterocycles. The molecule has 0 radical (unpaired) electrons. The van der Waals surface area contributed by atoms with Crippen LogP contribution in [0.5, 0.6) is 0 Å². The highest BCUT2D eigenvalue weighted by molar-refractivity contribution is 6.11. The Morgan fingerprint density at radius 1 is 0.833 bits per heavy atom. The first kappa shape index (κ1) is 25.8. The lowest BCUT2D eigenvalue weighted by atomic mass is 9.89. The lowest BCUT2D eigenvalue weighted by Crippen LogP contribution is -2.16. The van der Waals surface area contributed by atoms with E-state index in [0.29, 0.717) is 16.8 Å². The molecule has 3 rings (SSSR count). The second kappa shape index (κ2) is 11.1. The zero-order chi connectivity index (χ0) is 26.4. The molecule has 0 amide bonds. The summed E-state index contributed by atoms with van der Waals surface area (Å²) in [4.78, 5) is 47.5. The number of nitro benzene ring substituents is 2. The third-order valence-electron chi connectivity index (χ3n) is 5.19. The first-order valence-corrected chi connectivity index (χ1v) is 11.0. The molecule has 0 unspecified atom stereocenters. The van der Waals surface area contributed by atoms with Gasteiger partial charge >= 0.3 is 11.9 Å². The van der Waals surface area contributed by atoms with Gasteiger partial charge in [0, 0.05) is 35.5 Å². The molecule has 36 heavy (non-hydrogen) atoms. The predicted molar refractivity (Wildman–Crippen MR) is 132 cm³/mol. The molecule has 186 valence electrons. The molecule has 0 atom stereocenters. The van der Waals surface area contributed by atoms with Crippen molar-refractivity contribution in [2.24, 2.45) is 0 Å². The van der Waals surface area contributed by atoms with E-state index in [1.54, 1.807) is 32.9 Å². The fourth-order valence-corrected chi connectivity index (χ4v) is 3.69. The normalized spacial score (nSPS) is 10.4. The molecule has 0 aliphatic heterocycles. The molecule has 11 nitrogen and oxygen atoms in total. The van der Waals surface area contributed by atoms with Crippen LogP contribution in [-0.2, 0) is 9.47 Å². The third-order valence-corrected chi connectivity index (χ3v) is 5.19. The molecule has 0 aliphatic carbocycles. The first-order chi connectivity index (χ1) is 17.2. The Hall–Kier alpha value is -4.80. The number of esters is 2. The number of benzene rings is 3. The Morgan fingerprint density at radius 3 is 1.97 bits per heavy atom. The summed E-state index contributed by atoms with van der Waals surface area (Å²) in [6.45, 7) is 5.04. The summed E-state index contributed by atoms with van der Waals surface area (Å²) >= 11 is 0. The molecular formula is C25H23N3O8. The number of ether oxygens (including phenoxy) is 2. The Bertz CT molecular complexity index is 1340. The number of aryl methyl sites for hydroxylation is 1. The van der Waals surface area contributed by atoms with Gasteiger partial charge in [-0.15, -0.1) is 0 Å². The topological polar surface area (TPSA) is 151 Å². The number of carbonyl (C=O) groups is 2. The van der Waals surface area contributed by atoms with Crippen LogP contribution in [0.3, 0.4) is 0 Å². The monoisotopic (exact) mass is 493 g/mol. The van der Waals surface area contributed by atoms with Crippen LogP contribution >= 0.6 is 0 Å². The van der Waals surface area contributed by atoms with Crippen LogP contribution in [0.25, 0.3) is 11.1 Å². The largest absolute Gasteiger partial charge is 0.462 e. The molecule has 0 aromatic heterocycles. The van der Waals surface area contributed by atoms with Crippen LogP contribution in [0.15, 0.2) is 54.6 Å². The van der Waals surface area contributed by atoms with Gasteiger partial charge in [0.05, 0.1) is 39.9 Å². The molecule has 3 aromatic rings. The van der Waals surface area contributed by atoms with Crippen molar-refractivity contribution < 1.29 is 28.9 Å². The van der Waals surface area contributed by atoms with Crippen molar-refractivity contribution in [1.29, 1.82) is 0 Å². The van der Waals surface area contributed by atoms with Crippen molar-refractivity contribution in [3.05, 3.63) is 91.5 Å². The van der Waals surface area contributed by atoms with Crippen molar-refractivity contribution in [3.8, 4) is 11.1 Å². The molecule has 0 heterocycles. The lowest BCUT2D eigenvalue weighted by molar-refractivity contribution is -0.385. The van der Waals surface area contributed by atoms with Gasteiger partial charge in [-0.2, -0.15) is 0 Å². The summed E-state index contributed by atoms with van der Waals surface area (Å²) in [5.74, 6) is -1.44. The van der Waals surface area contributed by atoms with Crippen LogP contribution in [0.2, 0.25) is 0 Å². The Kier molecular flexibility index (Phi) is 7.95. The van der Waals surface area contributed by atoms with Gasteiger partial charge in [0.15, 0.2) is 0 Å². The highest BCUT2D eigenvalue weighted by Crippen LogP contribution is 2.38. The van der Waals surface area contributed by atoms with Gasteiger partial charge in [-0.3, -0.25) is 20.2 Å². The summed E-state index contributed by atoms with van der Waals surface area (Å²) in [5, 5.41) is 25.4. The van der Waals surface area contributed by atoms with Crippen molar-refractivity contribution in [2.45, 2.75) is 20.8 Å². The Morgan fingerprint density at radius 2 is 1.42 bits per heavy atom. The molecule has 1 N–H and O–H groups in total. The number of nitrogens with one attached hydrogen (secondary N) is 1. The van der Waals surface area contributed by atoms with Gasteiger partial charge in [-0.25, -0.2) is 9.59 Å². The average molecular weight is 493 g/mol. The van der Waals surface area contributed by atoms with E-state index in [1.165, 1.54) is 42.5 Å². The Labute approximate surface area is 206 Å². The van der Waals surface area contributed by atoms with E-state index >= 15 is 0 Å². The lowest BCUT2D eigenvalue weighted by Gasteiger charge is -2.20. The number of anilines is 2. The smallest absolute Gasteiger partial charge is 0.340 e. The zero-order valence-electron chi connectivity index (χ0n) is 19.8. The van der Waals surface area contributed by atoms with Gasteiger partial charge in [0.1, 0.15) is 0 Å². The summed E-state index contributed by atoms with van der Waals surface area (Å²) in [5.41, 5.74) is 1.25. The van der Waals surface area contributed by atoms with E-state index in [2.05, 4.69) is 5.32 Å². The maximum absolute atomic E-state index is 13.2. The quantitative estimate of drug-likeness (QED) is 0.229. The number of nitro groups is 2. The zero-order valence-corrected chi connectivity index (χ0v) is 19.8. The van der Waals surface area contributed by atoms with Crippen LogP contribution in [0.4, 0.5) is 22.7 Å². The second-order valence-electron chi connectivity index (χ2n) is 7.54. The number of nitrogens with zero attached hydrogens (tertiary/aromatic N) is 2. The highest BCUT2D eigenvalue weighted by Gasteiger charge is 2.28. The minimum atomic E-state index is -0.760. The number of non-ortho nitro benzene ring substituents is 2. The summed E-state index contributed by atoms with van der Waals surface area (Å²) in [6, 6.07) is 12.6. The van der Waals surface area contributed by atoms with Gasteiger partial charge in [0.2, 0.25) is 0 Å². The maximum atomic E-state index is 13.2. The predicted octanol–water partition coefficient (Wildman–Crippen LogP) is 5.58. The van der Waals surface area contributed by atoms with E-state index < -0.39 is 21.8 Å². The number of hydrogen-bond donors (Lipinski definition) is 1. The van der Waals surface area contributed by atoms with Crippen molar-refractivity contribution >= 4 is 34.7 Å². The van der Waals surface area contributed by atoms with Crippen LogP contribution < -0.4 is 5.32 Å². The molecule has 0 fully saturated rings. The van der Waals surface area contributed by atoms with Gasteiger partial charge < -0.3 is 14.8 Å². The molecule has 0 spiro atoms. The molecule has 0 aliphatic rings. The Balaban J connectivity index is 2.33. The number of hydrogen-bond acceptors (Lipinski definition) is 9. The summed E-state index contributed by atoms with van der Waals surface area (Å²) < 4.78 is 10.5. The fraction of sp³-hybridized carbons (Fsp3) is 0.200. The molecule has 11 heteroatoms. The first-order valence-electron chi connectivity index (χ1n) is 11.0. The third kappa shape index (κ3) is 5.46. The summed E-state index contributed by atoms with van der Waals surface area (Å²) in [6.07, 6.45) is 0. The SMILES string of the molecule is CCOC(=O)c1c(C)cc(Nc2cccc([N+](=O)[O-])c2)c(C(=O)OCC)c1-c1ccc([N+](=O)[O-])cc1. The average Bonchev–Trinajstić information content (AvgIpc) is 2.84. The van der Waals surface area contributed by atoms with Gasteiger partial charge in [-0.05, 0) is 56.2 Å². The summed E-state index contributed by atoms with van der Waals surface area (Å²) in [7, 11) is 0. The minimum Gasteiger partial charge on any atom is -0.462 e. The van der Waals surface area contributed by atoms with Crippen molar-refractivity contribution in [3.63, 3.8) is 0 Å². The van der Waals surface area contributed by atoms with Gasteiger partial charge in [-0.1, -0.05) is 6.07 Å². The highest BCUT2D eigenvalue weighted by atomic mass is 16.6. The molecule has 3 aromatic carbocycles. The fourth-order valence-electron chi connectivity index (χ4n) is 3.69. The minimum absolute atomic E-state index is 0.0223. The van der Waals surface area contributed by atoms with Crippen molar-refractivity contribution in [1.82, 2.24) is 0 Å². The van der Waals surface area contributed by atoms with E-state index in [4.69, 9.17) is 9.47 Å². The number of rotatable bonds is 9. The van der Waals surface area contributed by atoms with Crippen molar-refractivity contribution in [2.75, 3.05) is 18.5 Å². The van der Waals surface area contributed by atoms with Crippen LogP contribution in [-0.4, -0.2) is 35.0 Å². The van der Waals surface area contributed by atoms with Crippen LogP contribution in [0, 0.1) is 27.2 Å². The van der Waals surface area contributed by atoms with E-state index in [1.807, 2.05) is 0 Å². The van der Waals surface area contributed by atoms with E-state index in [-0.39, 0.29) is 47.0 Å². The van der Waals surface area contributed by atoms with E-state index in [9.17, 15) is 29.8 Å². The number of carbonyl (C=O) groups excluding carboxylic acids is 2. The van der Waals surface area contributed by atoms with Crippen LogP contribution in [0.1, 0.15) is 40.1 Å². The maximum Gasteiger partial charge on any atom is 0.340 e. The molecule has 0 saturated carbocycles. The standard InChI is InChI=1S/C25H23N3O8/c1-4-35-24(29)21-15(3)13-20(26-17-7-6-8-19(14-17)28(33)34)23(25(30)36-5-2)22(21)16-9-11-18(12-10-16)27(31)32/h6-14,26H,4-5H2,1-3H3. The van der Waals surface area contributed by atoms with Gasteiger partial charge in [0.25, 0.3) is 11.4 Å². The second-order valence-corrected chi connectivity index (χ2v) is 7.54. The molecule has 0 bridgehead atoms. The molecular weight excluding hydrogens is 470 g/mol. The van der Waals surface area contributed by atoms with E-state index in [0.717, 1.165) is 0 Å².